The van der Waals surface area contributed by atoms with Crippen molar-refractivity contribution in [2.45, 2.75) is 90.1 Å². The van der Waals surface area contributed by atoms with Crippen LogP contribution in [-0.4, -0.2) is 51.7 Å². The van der Waals surface area contributed by atoms with E-state index in [0.29, 0.717) is 32.1 Å². The fourth-order valence-electron chi connectivity index (χ4n) is 4.99. The van der Waals surface area contributed by atoms with E-state index in [4.69, 9.17) is 4.74 Å². The number of carboxylic acid groups (broad SMARTS) is 1. The predicted octanol–water partition coefficient (Wildman–Crippen LogP) is -1.81. The Bertz CT molecular complexity index is 611. The molecule has 2 rings (SSSR count). The van der Waals surface area contributed by atoms with Crippen molar-refractivity contribution in [1.29, 1.82) is 0 Å². The van der Waals surface area contributed by atoms with Gasteiger partial charge in [-0.15, -0.1) is 0 Å². The van der Waals surface area contributed by atoms with Crippen LogP contribution in [0.25, 0.3) is 0 Å². The van der Waals surface area contributed by atoms with Crippen molar-refractivity contribution in [3.8, 4) is 0 Å². The number of carbonyl (C=O) groups is 2. The number of carboxylic acids is 1. The summed E-state index contributed by atoms with van der Waals surface area (Å²) in [5.74, 6) is -1.18. The molecule has 0 bridgehead atoms. The van der Waals surface area contributed by atoms with Crippen LogP contribution in [0.5, 0.6) is 0 Å². The van der Waals surface area contributed by atoms with Crippen LogP contribution in [0.15, 0.2) is 12.2 Å². The minimum atomic E-state index is -1.34. The first-order valence-corrected chi connectivity index (χ1v) is 11.2. The van der Waals surface area contributed by atoms with Crippen molar-refractivity contribution in [3.05, 3.63) is 12.2 Å². The number of aliphatic hydroxyl groups excluding tert-OH is 3. The molecule has 0 radical (unpaired) electrons. The smallest absolute Gasteiger partial charge is 0.550 e. The second-order valence-electron chi connectivity index (χ2n) is 9.26. The summed E-state index contributed by atoms with van der Waals surface area (Å²) in [4.78, 5) is 23.0. The number of rotatable bonds is 10. The Kier molecular flexibility index (Phi) is 12.3. The van der Waals surface area contributed by atoms with Crippen molar-refractivity contribution >= 4 is 11.9 Å². The molecular formula is C23H37NaO7. The van der Waals surface area contributed by atoms with Gasteiger partial charge < -0.3 is 30.0 Å². The number of allylic oxidation sites excluding steroid dienone is 2. The third-order valence-electron chi connectivity index (χ3n) is 6.87. The number of carbonyl (C=O) groups excluding carboxylic acids is 2. The average molecular weight is 449 g/mol. The van der Waals surface area contributed by atoms with Crippen LogP contribution in [-0.2, 0) is 14.3 Å². The van der Waals surface area contributed by atoms with Crippen LogP contribution >= 0.6 is 0 Å². The molecule has 1 saturated carbocycles. The molecule has 9 atom stereocenters. The summed E-state index contributed by atoms with van der Waals surface area (Å²) in [6.07, 6.45) is 3.78. The van der Waals surface area contributed by atoms with Gasteiger partial charge in [-0.1, -0.05) is 32.9 Å². The maximum absolute atomic E-state index is 12.4. The number of esters is 1. The standard InChI is InChI=1S/C23H38O7.Na/c1-4-13(2)23(29)30-20-11-17(25)9-15-6-5-14(3)19(22(15)20)8-7-16(24)10-18(26)12-21(27)28;/h5-6,13-20,22,24-26H,4,7-12H2,1-3H3,(H,27,28);/q;+1/p-1. The number of aliphatic carboxylic acids is 1. The normalized spacial score (nSPS) is 32.8. The fraction of sp³-hybridized carbons (Fsp3) is 0.826. The van der Waals surface area contributed by atoms with Gasteiger partial charge in [-0.2, -0.15) is 0 Å². The Balaban J connectivity index is 0.00000480. The van der Waals surface area contributed by atoms with E-state index in [1.54, 1.807) is 0 Å². The van der Waals surface area contributed by atoms with Crippen molar-refractivity contribution in [2.75, 3.05) is 0 Å². The molecule has 0 saturated heterocycles. The first-order chi connectivity index (χ1) is 14.1. The Morgan fingerprint density at radius 2 is 1.87 bits per heavy atom. The van der Waals surface area contributed by atoms with Gasteiger partial charge in [0.25, 0.3) is 0 Å². The third-order valence-corrected chi connectivity index (χ3v) is 6.87. The average Bonchev–Trinajstić information content (AvgIpc) is 2.65. The van der Waals surface area contributed by atoms with E-state index < -0.39 is 30.7 Å². The first kappa shape index (κ1) is 28.6. The minimum absolute atomic E-state index is 0. The van der Waals surface area contributed by atoms with Gasteiger partial charge in [0, 0.05) is 24.7 Å². The molecule has 0 aliphatic heterocycles. The molecule has 2 aliphatic carbocycles. The Morgan fingerprint density at radius 1 is 1.19 bits per heavy atom. The molecule has 0 spiro atoms. The Labute approximate surface area is 207 Å². The van der Waals surface area contributed by atoms with E-state index in [9.17, 15) is 30.0 Å². The minimum Gasteiger partial charge on any atom is -0.550 e. The predicted molar refractivity (Wildman–Crippen MR) is 109 cm³/mol. The maximum atomic E-state index is 12.4. The van der Waals surface area contributed by atoms with E-state index in [0.717, 1.165) is 0 Å². The number of fused-ring (bicyclic) bond motifs is 1. The van der Waals surface area contributed by atoms with Crippen LogP contribution in [0.2, 0.25) is 0 Å². The van der Waals surface area contributed by atoms with Crippen LogP contribution in [0.1, 0.15) is 65.7 Å². The largest absolute Gasteiger partial charge is 1.00 e. The molecule has 7 nitrogen and oxygen atoms in total. The van der Waals surface area contributed by atoms with Gasteiger partial charge >= 0.3 is 35.5 Å². The molecule has 9 unspecified atom stereocenters. The van der Waals surface area contributed by atoms with Crippen LogP contribution in [0, 0.1) is 29.6 Å². The van der Waals surface area contributed by atoms with E-state index in [1.807, 2.05) is 13.8 Å². The SMILES string of the molecule is CCC(C)C(=O)OC1CC(O)CC2C=CC(C)C(CCC(O)CC(O)CC(=O)[O-])C21.[Na+]. The molecule has 0 aromatic carbocycles. The van der Waals surface area contributed by atoms with Crippen molar-refractivity contribution in [1.82, 2.24) is 0 Å². The van der Waals surface area contributed by atoms with Crippen LogP contribution in [0.4, 0.5) is 0 Å². The van der Waals surface area contributed by atoms with Gasteiger partial charge in [-0.3, -0.25) is 4.79 Å². The molecule has 0 heterocycles. The van der Waals surface area contributed by atoms with Gasteiger partial charge in [0.2, 0.25) is 0 Å². The zero-order valence-corrected chi connectivity index (χ0v) is 21.3. The maximum Gasteiger partial charge on any atom is 1.00 e. The summed E-state index contributed by atoms with van der Waals surface area (Å²) in [6, 6.07) is 0. The molecule has 31 heavy (non-hydrogen) atoms. The third kappa shape index (κ3) is 8.45. The van der Waals surface area contributed by atoms with Crippen molar-refractivity contribution in [3.63, 3.8) is 0 Å². The summed E-state index contributed by atoms with van der Waals surface area (Å²) in [5.41, 5.74) is 0. The number of hydrogen-bond donors (Lipinski definition) is 3. The topological polar surface area (TPSA) is 127 Å². The molecule has 0 aromatic rings. The van der Waals surface area contributed by atoms with Gasteiger partial charge in [-0.25, -0.2) is 0 Å². The quantitative estimate of drug-likeness (QED) is 0.204. The molecule has 172 valence electrons. The molecule has 8 heteroatoms. The Morgan fingerprint density at radius 3 is 2.48 bits per heavy atom. The summed E-state index contributed by atoms with van der Waals surface area (Å²) in [6.45, 7) is 5.89. The fourth-order valence-corrected chi connectivity index (χ4v) is 4.99. The van der Waals surface area contributed by atoms with E-state index >= 15 is 0 Å². The Hall–Kier alpha value is -0.440. The van der Waals surface area contributed by atoms with Crippen LogP contribution in [0.3, 0.4) is 0 Å². The second-order valence-corrected chi connectivity index (χ2v) is 9.26. The summed E-state index contributed by atoms with van der Waals surface area (Å²) in [7, 11) is 0. The molecule has 2 aliphatic rings. The van der Waals surface area contributed by atoms with E-state index in [-0.39, 0.29) is 77.6 Å². The van der Waals surface area contributed by atoms with E-state index in [1.165, 1.54) is 0 Å². The van der Waals surface area contributed by atoms with Gasteiger partial charge in [0.15, 0.2) is 0 Å². The van der Waals surface area contributed by atoms with Gasteiger partial charge in [-0.05, 0) is 49.9 Å². The monoisotopic (exact) mass is 448 g/mol. The van der Waals surface area contributed by atoms with Crippen LogP contribution < -0.4 is 34.7 Å². The molecule has 1 fully saturated rings. The number of aliphatic hydroxyl groups is 3. The van der Waals surface area contributed by atoms with E-state index in [2.05, 4.69) is 19.1 Å². The number of hydrogen-bond acceptors (Lipinski definition) is 7. The van der Waals surface area contributed by atoms with Crippen molar-refractivity contribution in [2.24, 2.45) is 29.6 Å². The molecule has 0 aromatic heterocycles. The van der Waals surface area contributed by atoms with Gasteiger partial charge in [0.1, 0.15) is 6.10 Å². The molecule has 3 N–H and O–H groups in total. The summed E-state index contributed by atoms with van der Waals surface area (Å²) < 4.78 is 5.87. The van der Waals surface area contributed by atoms with Gasteiger partial charge in [0.05, 0.1) is 24.2 Å². The first-order valence-electron chi connectivity index (χ1n) is 11.2. The van der Waals surface area contributed by atoms with Crippen molar-refractivity contribution < 1.29 is 64.3 Å². The summed E-state index contributed by atoms with van der Waals surface area (Å²) in [5, 5.41) is 40.9. The molecular weight excluding hydrogens is 411 g/mol. The second kappa shape index (κ2) is 13.3. The summed E-state index contributed by atoms with van der Waals surface area (Å²) >= 11 is 0. The zero-order chi connectivity index (χ0) is 22.4. The number of ether oxygens (including phenoxy) is 1. The molecule has 0 amide bonds. The zero-order valence-electron chi connectivity index (χ0n) is 19.3.